The molecule has 0 saturated heterocycles. The lowest BCUT2D eigenvalue weighted by molar-refractivity contribution is -0.00982. The second-order valence-electron chi connectivity index (χ2n) is 5.11. The number of aryl methyl sites for hydroxylation is 1. The lowest BCUT2D eigenvalue weighted by atomic mass is 9.87. The summed E-state index contributed by atoms with van der Waals surface area (Å²) < 4.78 is 2.65. The molecule has 1 unspecified atom stereocenters. The van der Waals surface area contributed by atoms with Crippen molar-refractivity contribution in [2.24, 2.45) is 7.05 Å². The molecule has 1 saturated carbocycles. The van der Waals surface area contributed by atoms with Crippen LogP contribution >= 0.6 is 15.9 Å². The molecular formula is C12H20BrN3O. The van der Waals surface area contributed by atoms with Crippen molar-refractivity contribution in [3.63, 3.8) is 0 Å². The van der Waals surface area contributed by atoms with Crippen LogP contribution in [0.2, 0.25) is 0 Å². The molecule has 1 aromatic rings. The zero-order valence-corrected chi connectivity index (χ0v) is 12.2. The van der Waals surface area contributed by atoms with Gasteiger partial charge in [-0.05, 0) is 42.9 Å². The Morgan fingerprint density at radius 1 is 1.47 bits per heavy atom. The van der Waals surface area contributed by atoms with Gasteiger partial charge in [0.2, 0.25) is 0 Å². The van der Waals surface area contributed by atoms with Gasteiger partial charge in [0, 0.05) is 7.05 Å². The molecule has 1 heterocycles. The standard InChI is InChI=1S/C12H20BrN3O/c1-15(2)12(6-4-5-7-12)11(17)10-9(13)8-14-16(10)3/h8,11,17H,4-7H2,1-3H3. The molecule has 5 heteroatoms. The Morgan fingerprint density at radius 2 is 2.06 bits per heavy atom. The third-order valence-corrected chi connectivity index (χ3v) is 4.68. The van der Waals surface area contributed by atoms with Crippen LogP contribution in [0.5, 0.6) is 0 Å². The predicted octanol–water partition coefficient (Wildman–Crippen LogP) is 2.09. The van der Waals surface area contributed by atoms with Crippen LogP contribution in [0.4, 0.5) is 0 Å². The van der Waals surface area contributed by atoms with Crippen molar-refractivity contribution in [3.8, 4) is 0 Å². The van der Waals surface area contributed by atoms with E-state index in [2.05, 4.69) is 40.0 Å². The van der Waals surface area contributed by atoms with Crippen LogP contribution in [0, 0.1) is 0 Å². The van der Waals surface area contributed by atoms with Crippen molar-refractivity contribution < 1.29 is 5.11 Å². The number of halogens is 1. The molecule has 96 valence electrons. The molecule has 17 heavy (non-hydrogen) atoms. The van der Waals surface area contributed by atoms with Gasteiger partial charge in [-0.1, -0.05) is 12.8 Å². The van der Waals surface area contributed by atoms with Crippen LogP contribution in [0.15, 0.2) is 10.7 Å². The average Bonchev–Trinajstić information content (AvgIpc) is 2.86. The summed E-state index contributed by atoms with van der Waals surface area (Å²) in [6, 6.07) is 0. The molecule has 1 aliphatic rings. The van der Waals surface area contributed by atoms with Gasteiger partial charge in [0.15, 0.2) is 0 Å². The SMILES string of the molecule is CN(C)C1(C(O)c2c(Br)cnn2C)CCCC1. The fourth-order valence-corrected chi connectivity index (χ4v) is 3.50. The average molecular weight is 302 g/mol. The number of aliphatic hydroxyl groups excluding tert-OH is 1. The van der Waals surface area contributed by atoms with Crippen LogP contribution in [0.1, 0.15) is 37.5 Å². The molecule has 0 radical (unpaired) electrons. The highest BCUT2D eigenvalue weighted by atomic mass is 79.9. The van der Waals surface area contributed by atoms with Gasteiger partial charge in [0.1, 0.15) is 6.10 Å². The van der Waals surface area contributed by atoms with E-state index in [0.29, 0.717) is 0 Å². The molecule has 0 bridgehead atoms. The third kappa shape index (κ3) is 2.04. The summed E-state index contributed by atoms with van der Waals surface area (Å²) in [5.74, 6) is 0. The lowest BCUT2D eigenvalue weighted by Crippen LogP contribution is -2.47. The summed E-state index contributed by atoms with van der Waals surface area (Å²) in [6.45, 7) is 0. The van der Waals surface area contributed by atoms with Gasteiger partial charge < -0.3 is 10.0 Å². The first-order chi connectivity index (χ1) is 7.99. The second-order valence-corrected chi connectivity index (χ2v) is 5.96. The van der Waals surface area contributed by atoms with Gasteiger partial charge in [-0.2, -0.15) is 5.10 Å². The summed E-state index contributed by atoms with van der Waals surface area (Å²) in [6.07, 6.45) is 5.70. The Kier molecular flexibility index (Phi) is 3.61. The van der Waals surface area contributed by atoms with Crippen LogP contribution in [0.25, 0.3) is 0 Å². The summed E-state index contributed by atoms with van der Waals surface area (Å²) in [4.78, 5) is 2.17. The zero-order chi connectivity index (χ0) is 12.6. The Morgan fingerprint density at radius 3 is 2.47 bits per heavy atom. The minimum Gasteiger partial charge on any atom is -0.385 e. The number of aromatic nitrogens is 2. The van der Waals surface area contributed by atoms with Gasteiger partial charge in [-0.25, -0.2) is 0 Å². The maximum Gasteiger partial charge on any atom is 0.115 e. The third-order valence-electron chi connectivity index (χ3n) is 4.07. The van der Waals surface area contributed by atoms with Gasteiger partial charge in [0.05, 0.1) is 21.9 Å². The molecule has 0 amide bonds. The quantitative estimate of drug-likeness (QED) is 0.929. The molecule has 1 atom stereocenters. The number of nitrogens with zero attached hydrogens (tertiary/aromatic N) is 3. The van der Waals surface area contributed by atoms with Crippen molar-refractivity contribution in [2.75, 3.05) is 14.1 Å². The predicted molar refractivity (Wildman–Crippen MR) is 70.8 cm³/mol. The van der Waals surface area contributed by atoms with Crippen molar-refractivity contribution in [2.45, 2.75) is 37.3 Å². The first-order valence-electron chi connectivity index (χ1n) is 6.02. The molecule has 1 N–H and O–H groups in total. The van der Waals surface area contributed by atoms with E-state index in [9.17, 15) is 5.11 Å². The molecule has 0 aliphatic heterocycles. The molecule has 1 aromatic heterocycles. The molecule has 0 aromatic carbocycles. The highest BCUT2D eigenvalue weighted by Crippen LogP contribution is 2.44. The lowest BCUT2D eigenvalue weighted by Gasteiger charge is -2.40. The molecule has 1 aliphatic carbocycles. The highest BCUT2D eigenvalue weighted by molar-refractivity contribution is 9.10. The fraction of sp³-hybridized carbons (Fsp3) is 0.750. The molecule has 4 nitrogen and oxygen atoms in total. The summed E-state index contributed by atoms with van der Waals surface area (Å²) in [5, 5.41) is 14.9. The van der Waals surface area contributed by atoms with Crippen molar-refractivity contribution in [3.05, 3.63) is 16.4 Å². The summed E-state index contributed by atoms with van der Waals surface area (Å²) >= 11 is 3.48. The van der Waals surface area contributed by atoms with E-state index in [-0.39, 0.29) is 5.54 Å². The van der Waals surface area contributed by atoms with Gasteiger partial charge in [0.25, 0.3) is 0 Å². The number of likely N-dealkylation sites (N-methyl/N-ethyl adjacent to an activating group) is 1. The second kappa shape index (κ2) is 4.71. The molecule has 2 rings (SSSR count). The van der Waals surface area contributed by atoms with Gasteiger partial charge >= 0.3 is 0 Å². The number of hydrogen-bond donors (Lipinski definition) is 1. The Balaban J connectivity index is 2.38. The molecule has 1 fully saturated rings. The molecular weight excluding hydrogens is 282 g/mol. The van der Waals surface area contributed by atoms with Crippen molar-refractivity contribution in [1.82, 2.24) is 14.7 Å². The van der Waals surface area contributed by atoms with Crippen LogP contribution < -0.4 is 0 Å². The Bertz CT molecular complexity index is 377. The first kappa shape index (κ1) is 13.1. The minimum absolute atomic E-state index is 0.143. The number of aliphatic hydroxyl groups is 1. The van der Waals surface area contributed by atoms with E-state index in [1.807, 2.05) is 7.05 Å². The fourth-order valence-electron chi connectivity index (χ4n) is 2.93. The van der Waals surface area contributed by atoms with E-state index >= 15 is 0 Å². The van der Waals surface area contributed by atoms with E-state index in [1.165, 1.54) is 12.8 Å². The van der Waals surface area contributed by atoms with Crippen molar-refractivity contribution >= 4 is 15.9 Å². The van der Waals surface area contributed by atoms with Crippen LogP contribution in [-0.4, -0.2) is 39.4 Å². The van der Waals surface area contributed by atoms with Gasteiger partial charge in [-0.3, -0.25) is 4.68 Å². The van der Waals surface area contributed by atoms with E-state index in [1.54, 1.807) is 10.9 Å². The highest BCUT2D eigenvalue weighted by Gasteiger charge is 2.44. The number of hydrogen-bond acceptors (Lipinski definition) is 3. The van der Waals surface area contributed by atoms with Crippen LogP contribution in [-0.2, 0) is 7.05 Å². The van der Waals surface area contributed by atoms with Gasteiger partial charge in [-0.15, -0.1) is 0 Å². The minimum atomic E-state index is -0.498. The monoisotopic (exact) mass is 301 g/mol. The topological polar surface area (TPSA) is 41.3 Å². The van der Waals surface area contributed by atoms with Crippen LogP contribution in [0.3, 0.4) is 0 Å². The number of rotatable bonds is 3. The summed E-state index contributed by atoms with van der Waals surface area (Å²) in [5.41, 5.74) is 0.733. The van der Waals surface area contributed by atoms with E-state index in [4.69, 9.17) is 0 Å². The molecule has 0 spiro atoms. The van der Waals surface area contributed by atoms with Crippen molar-refractivity contribution in [1.29, 1.82) is 0 Å². The Labute approximate surface area is 111 Å². The Hall–Kier alpha value is -0.390. The summed E-state index contributed by atoms with van der Waals surface area (Å²) in [7, 11) is 5.99. The normalized spacial score (nSPS) is 21.1. The van der Waals surface area contributed by atoms with E-state index < -0.39 is 6.10 Å². The first-order valence-corrected chi connectivity index (χ1v) is 6.81. The maximum absolute atomic E-state index is 10.8. The largest absolute Gasteiger partial charge is 0.385 e. The van der Waals surface area contributed by atoms with E-state index in [0.717, 1.165) is 23.0 Å². The maximum atomic E-state index is 10.8. The zero-order valence-electron chi connectivity index (χ0n) is 10.6. The smallest absolute Gasteiger partial charge is 0.115 e.